The quantitative estimate of drug-likeness (QED) is 0.769. The Morgan fingerprint density at radius 1 is 1.32 bits per heavy atom. The second kappa shape index (κ2) is 7.08. The molecule has 0 bridgehead atoms. The van der Waals surface area contributed by atoms with Crippen LogP contribution >= 0.6 is 0 Å². The third-order valence-electron chi connectivity index (χ3n) is 2.33. The Balaban J connectivity index is 2.49. The largest absolute Gasteiger partial charge is 0.384 e. The minimum absolute atomic E-state index is 0.0745. The van der Waals surface area contributed by atoms with E-state index >= 15 is 0 Å². The lowest BCUT2D eigenvalue weighted by atomic mass is 10.3. The first-order valence-corrected chi connectivity index (χ1v) is 8.14. The molecule has 0 unspecified atom stereocenters. The third-order valence-corrected chi connectivity index (χ3v) is 3.28. The molecule has 106 valence electrons. The average molecular weight is 285 g/mol. The maximum atomic E-state index is 11.7. The van der Waals surface area contributed by atoms with Crippen molar-refractivity contribution in [1.82, 2.24) is 10.3 Å². The number of amides is 1. The van der Waals surface area contributed by atoms with Gasteiger partial charge in [-0.25, -0.2) is 13.4 Å². The Morgan fingerprint density at radius 3 is 2.58 bits per heavy atom. The monoisotopic (exact) mass is 285 g/mol. The number of rotatable bonds is 7. The fourth-order valence-electron chi connectivity index (χ4n) is 1.34. The van der Waals surface area contributed by atoms with Gasteiger partial charge in [-0.15, -0.1) is 0 Å². The molecule has 0 saturated carbocycles. The molecule has 0 fully saturated rings. The minimum atomic E-state index is -3.06. The van der Waals surface area contributed by atoms with Crippen LogP contribution in [0.3, 0.4) is 0 Å². The summed E-state index contributed by atoms with van der Waals surface area (Å²) in [7, 11) is -3.06. The Labute approximate surface area is 113 Å². The first kappa shape index (κ1) is 15.4. The topological polar surface area (TPSA) is 88.2 Å². The molecular weight excluding hydrogens is 266 g/mol. The number of hydrogen-bond donors (Lipinski definition) is 2. The first-order chi connectivity index (χ1) is 8.92. The highest BCUT2D eigenvalue weighted by Crippen LogP contribution is 2.05. The van der Waals surface area contributed by atoms with Crippen LogP contribution < -0.4 is 10.6 Å². The van der Waals surface area contributed by atoms with E-state index in [9.17, 15) is 13.2 Å². The third kappa shape index (κ3) is 6.19. The van der Waals surface area contributed by atoms with Crippen molar-refractivity contribution in [2.75, 3.05) is 30.4 Å². The van der Waals surface area contributed by atoms with E-state index in [0.717, 1.165) is 24.9 Å². The number of anilines is 1. The summed E-state index contributed by atoms with van der Waals surface area (Å²) in [6.07, 6.45) is 3.72. The van der Waals surface area contributed by atoms with E-state index in [1.54, 1.807) is 18.3 Å². The summed E-state index contributed by atoms with van der Waals surface area (Å²) in [5, 5.41) is 5.67. The van der Waals surface area contributed by atoms with Crippen LogP contribution in [0.2, 0.25) is 0 Å². The maximum Gasteiger partial charge on any atom is 0.269 e. The highest BCUT2D eigenvalue weighted by Gasteiger charge is 2.08. The molecule has 0 radical (unpaired) electrons. The van der Waals surface area contributed by atoms with Gasteiger partial charge >= 0.3 is 0 Å². The molecule has 1 rings (SSSR count). The lowest BCUT2D eigenvalue weighted by Gasteiger charge is -2.06. The Bertz CT molecular complexity index is 512. The summed E-state index contributed by atoms with van der Waals surface area (Å²) >= 11 is 0. The minimum Gasteiger partial charge on any atom is -0.384 e. The van der Waals surface area contributed by atoms with E-state index in [1.807, 2.05) is 0 Å². The molecule has 1 aromatic rings. The summed E-state index contributed by atoms with van der Waals surface area (Å²) in [5.74, 6) is -0.444. The molecule has 0 aliphatic carbocycles. The molecule has 1 amide bonds. The number of aromatic nitrogens is 1. The van der Waals surface area contributed by atoms with E-state index < -0.39 is 9.84 Å². The zero-order valence-corrected chi connectivity index (χ0v) is 12.0. The number of sulfone groups is 1. The molecule has 0 saturated heterocycles. The fraction of sp³-hybridized carbons (Fsp3) is 0.500. The van der Waals surface area contributed by atoms with Gasteiger partial charge in [0.05, 0.1) is 17.6 Å². The molecule has 1 heterocycles. The summed E-state index contributed by atoms with van der Waals surface area (Å²) < 4.78 is 21.8. The molecule has 1 aromatic heterocycles. The number of nitrogens with zero attached hydrogens (tertiary/aromatic N) is 1. The molecular formula is C12H19N3O3S. The van der Waals surface area contributed by atoms with Crippen LogP contribution in [0.25, 0.3) is 0 Å². The van der Waals surface area contributed by atoms with Crippen LogP contribution in [0.5, 0.6) is 0 Å². The van der Waals surface area contributed by atoms with Crippen molar-refractivity contribution >= 4 is 21.4 Å². The van der Waals surface area contributed by atoms with Crippen molar-refractivity contribution < 1.29 is 13.2 Å². The van der Waals surface area contributed by atoms with Crippen molar-refractivity contribution in [2.45, 2.75) is 13.3 Å². The normalized spacial score (nSPS) is 11.1. The Morgan fingerprint density at radius 2 is 2.05 bits per heavy atom. The zero-order chi connectivity index (χ0) is 14.3. The van der Waals surface area contributed by atoms with Gasteiger partial charge in [0.25, 0.3) is 5.91 Å². The lowest BCUT2D eigenvalue weighted by molar-refractivity contribution is 0.0951. The summed E-state index contributed by atoms with van der Waals surface area (Å²) in [4.78, 5) is 15.7. The van der Waals surface area contributed by atoms with Gasteiger partial charge in [-0.05, 0) is 18.6 Å². The van der Waals surface area contributed by atoms with Crippen molar-refractivity contribution in [1.29, 1.82) is 0 Å². The van der Waals surface area contributed by atoms with Gasteiger partial charge in [-0.2, -0.15) is 0 Å². The highest BCUT2D eigenvalue weighted by atomic mass is 32.2. The van der Waals surface area contributed by atoms with Crippen LogP contribution in [0.1, 0.15) is 23.8 Å². The molecule has 7 heteroatoms. The van der Waals surface area contributed by atoms with Crippen LogP contribution in [0, 0.1) is 0 Å². The predicted octanol–water partition coefficient (Wildman–Crippen LogP) is 0.678. The van der Waals surface area contributed by atoms with E-state index in [4.69, 9.17) is 0 Å². The smallest absolute Gasteiger partial charge is 0.269 e. The number of carbonyl (C=O) groups excluding carboxylic acids is 1. The fourth-order valence-corrected chi connectivity index (χ4v) is 1.82. The van der Waals surface area contributed by atoms with Gasteiger partial charge < -0.3 is 10.6 Å². The number of pyridine rings is 1. The number of carbonyl (C=O) groups is 1. The average Bonchev–Trinajstić information content (AvgIpc) is 2.35. The van der Waals surface area contributed by atoms with Crippen molar-refractivity contribution in [3.8, 4) is 0 Å². The van der Waals surface area contributed by atoms with Crippen LogP contribution in [-0.4, -0.2) is 44.4 Å². The molecule has 0 aliphatic heterocycles. The van der Waals surface area contributed by atoms with Gasteiger partial charge in [0.15, 0.2) is 0 Å². The second-order valence-corrected chi connectivity index (χ2v) is 6.50. The van der Waals surface area contributed by atoms with Gasteiger partial charge in [0, 0.05) is 19.3 Å². The van der Waals surface area contributed by atoms with Gasteiger partial charge in [0.1, 0.15) is 15.5 Å². The summed E-state index contributed by atoms with van der Waals surface area (Å²) in [6, 6.07) is 3.38. The van der Waals surface area contributed by atoms with Crippen molar-refractivity contribution in [2.24, 2.45) is 0 Å². The van der Waals surface area contributed by atoms with E-state index in [0.29, 0.717) is 0 Å². The number of hydrogen-bond acceptors (Lipinski definition) is 5. The maximum absolute atomic E-state index is 11.7. The second-order valence-electron chi connectivity index (χ2n) is 4.24. The molecule has 0 aliphatic rings. The highest BCUT2D eigenvalue weighted by molar-refractivity contribution is 7.90. The van der Waals surface area contributed by atoms with Crippen LogP contribution in [0.15, 0.2) is 18.3 Å². The van der Waals surface area contributed by atoms with Crippen LogP contribution in [-0.2, 0) is 9.84 Å². The van der Waals surface area contributed by atoms with Gasteiger partial charge in [-0.3, -0.25) is 4.79 Å². The van der Waals surface area contributed by atoms with Crippen LogP contribution in [0.4, 0.5) is 5.69 Å². The summed E-state index contributed by atoms with van der Waals surface area (Å²) in [6.45, 7) is 3.00. The van der Waals surface area contributed by atoms with Crippen molar-refractivity contribution in [3.63, 3.8) is 0 Å². The molecule has 0 spiro atoms. The van der Waals surface area contributed by atoms with E-state index in [-0.39, 0.29) is 23.9 Å². The Hall–Kier alpha value is -1.63. The molecule has 0 aromatic carbocycles. The SMILES string of the molecule is CCCNc1ccc(C(=O)NCCS(C)(=O)=O)nc1. The molecule has 6 nitrogen and oxygen atoms in total. The molecule has 2 N–H and O–H groups in total. The molecule has 19 heavy (non-hydrogen) atoms. The number of nitrogens with one attached hydrogen (secondary N) is 2. The van der Waals surface area contributed by atoms with E-state index in [2.05, 4.69) is 22.5 Å². The first-order valence-electron chi connectivity index (χ1n) is 6.08. The Kier molecular flexibility index (Phi) is 5.75. The summed E-state index contributed by atoms with van der Waals surface area (Å²) in [5.41, 5.74) is 1.13. The van der Waals surface area contributed by atoms with E-state index in [1.165, 1.54) is 0 Å². The van der Waals surface area contributed by atoms with Gasteiger partial charge in [-0.1, -0.05) is 6.92 Å². The van der Waals surface area contributed by atoms with Crippen molar-refractivity contribution in [3.05, 3.63) is 24.0 Å². The standard InChI is InChI=1S/C12H19N3O3S/c1-3-6-13-10-4-5-11(15-9-10)12(16)14-7-8-19(2,17)18/h4-5,9,13H,3,6-8H2,1-2H3,(H,14,16). The predicted molar refractivity (Wildman–Crippen MR) is 75.1 cm³/mol. The van der Waals surface area contributed by atoms with Gasteiger partial charge in [0.2, 0.25) is 0 Å². The lowest BCUT2D eigenvalue weighted by Crippen LogP contribution is -2.29. The zero-order valence-electron chi connectivity index (χ0n) is 11.1. The molecule has 0 atom stereocenters.